The molecule has 2 nitrogen and oxygen atoms in total. The molecule has 48 valence electrons. The van der Waals surface area contributed by atoms with E-state index in [1.165, 1.54) is 0 Å². The Morgan fingerprint density at radius 2 is 2.25 bits per heavy atom. The first kappa shape index (κ1) is 6.05. The molecule has 8 heavy (non-hydrogen) atoms. The Labute approximate surface area is 49.7 Å². The average molecular weight is 115 g/mol. The van der Waals surface area contributed by atoms with E-state index in [9.17, 15) is 5.11 Å². The van der Waals surface area contributed by atoms with Crippen LogP contribution in [0.1, 0.15) is 20.3 Å². The lowest BCUT2D eigenvalue weighted by Gasteiger charge is -2.46. The van der Waals surface area contributed by atoms with Crippen molar-refractivity contribution in [1.29, 1.82) is 0 Å². The van der Waals surface area contributed by atoms with Crippen LogP contribution >= 0.6 is 0 Å². The van der Waals surface area contributed by atoms with E-state index in [-0.39, 0.29) is 12.0 Å². The van der Waals surface area contributed by atoms with Gasteiger partial charge in [-0.15, -0.1) is 0 Å². The Morgan fingerprint density at radius 1 is 1.75 bits per heavy atom. The minimum absolute atomic E-state index is 0.227. The summed E-state index contributed by atoms with van der Waals surface area (Å²) in [5.74, 6) is 0.280. The predicted octanol–water partition coefficient (Wildman–Crippen LogP) is 0.105. The van der Waals surface area contributed by atoms with Crippen LogP contribution in [0.15, 0.2) is 0 Å². The fraction of sp³-hybridized carbons (Fsp3) is 1.00. The molecule has 1 rings (SSSR count). The van der Waals surface area contributed by atoms with Crippen LogP contribution in [-0.2, 0) is 0 Å². The molecule has 3 N–H and O–H groups in total. The smallest absolute Gasteiger partial charge is 0.0674 e. The Morgan fingerprint density at radius 3 is 2.25 bits per heavy atom. The van der Waals surface area contributed by atoms with Crippen LogP contribution in [0, 0.1) is 5.92 Å². The summed E-state index contributed by atoms with van der Waals surface area (Å²) in [7, 11) is 0. The van der Waals surface area contributed by atoms with Crippen LogP contribution < -0.4 is 5.73 Å². The van der Waals surface area contributed by atoms with Crippen molar-refractivity contribution in [3.05, 3.63) is 0 Å². The molecule has 1 aliphatic rings. The third-order valence-corrected chi connectivity index (χ3v) is 2.27. The molecule has 0 amide bonds. The summed E-state index contributed by atoms with van der Waals surface area (Å²) in [5, 5.41) is 9.27. The number of rotatable bonds is 0. The molecule has 0 unspecified atom stereocenters. The van der Waals surface area contributed by atoms with E-state index in [0.29, 0.717) is 0 Å². The lowest BCUT2D eigenvalue weighted by atomic mass is 9.68. The number of hydrogen-bond acceptors (Lipinski definition) is 2. The molecule has 0 aromatic rings. The zero-order valence-corrected chi connectivity index (χ0v) is 5.39. The van der Waals surface area contributed by atoms with Gasteiger partial charge in [0.1, 0.15) is 0 Å². The maximum absolute atomic E-state index is 9.27. The molecule has 0 radical (unpaired) electrons. The maximum Gasteiger partial charge on any atom is 0.0674 e. The molecule has 3 atom stereocenters. The summed E-state index contributed by atoms with van der Waals surface area (Å²) in [5.41, 5.74) is 5.06. The van der Waals surface area contributed by atoms with Crippen LogP contribution in [0.25, 0.3) is 0 Å². The standard InChI is InChI=1S/C6H13NO/c1-4-5(7)3-6(4,2)8/h4-5,8H,3,7H2,1-2H3/t4-,5-,6+/m0/s1. The van der Waals surface area contributed by atoms with Crippen molar-refractivity contribution >= 4 is 0 Å². The Hall–Kier alpha value is -0.0800. The fourth-order valence-corrected chi connectivity index (χ4v) is 1.14. The Bertz CT molecular complexity index is 101. The van der Waals surface area contributed by atoms with Gasteiger partial charge in [0.25, 0.3) is 0 Å². The summed E-state index contributed by atoms with van der Waals surface area (Å²) >= 11 is 0. The molecule has 1 aliphatic carbocycles. The average Bonchev–Trinajstić information content (AvgIpc) is 1.65. The molecule has 0 spiro atoms. The molecule has 1 fully saturated rings. The van der Waals surface area contributed by atoms with Crippen molar-refractivity contribution in [3.63, 3.8) is 0 Å². The molecular formula is C6H13NO. The van der Waals surface area contributed by atoms with Crippen LogP contribution in [0.5, 0.6) is 0 Å². The van der Waals surface area contributed by atoms with Crippen molar-refractivity contribution < 1.29 is 5.11 Å². The topological polar surface area (TPSA) is 46.2 Å². The van der Waals surface area contributed by atoms with Crippen molar-refractivity contribution in [2.45, 2.75) is 31.9 Å². The van der Waals surface area contributed by atoms with E-state index in [0.717, 1.165) is 6.42 Å². The highest BCUT2D eigenvalue weighted by atomic mass is 16.3. The molecule has 0 aromatic heterocycles. The van der Waals surface area contributed by atoms with Crippen LogP contribution in [0.4, 0.5) is 0 Å². The minimum atomic E-state index is -0.473. The number of hydrogen-bond donors (Lipinski definition) is 2. The van der Waals surface area contributed by atoms with Crippen molar-refractivity contribution in [2.24, 2.45) is 11.7 Å². The quantitative estimate of drug-likeness (QED) is 0.470. The first-order valence-corrected chi connectivity index (χ1v) is 3.02. The first-order valence-electron chi connectivity index (χ1n) is 3.02. The second-order valence-corrected chi connectivity index (χ2v) is 3.01. The molecule has 1 saturated carbocycles. The van der Waals surface area contributed by atoms with Gasteiger partial charge in [-0.3, -0.25) is 0 Å². The maximum atomic E-state index is 9.27. The highest BCUT2D eigenvalue weighted by Gasteiger charge is 2.44. The van der Waals surface area contributed by atoms with E-state index in [1.807, 2.05) is 13.8 Å². The normalized spacial score (nSPS) is 55.5. The van der Waals surface area contributed by atoms with Crippen LogP contribution in [-0.4, -0.2) is 16.7 Å². The fourth-order valence-electron chi connectivity index (χ4n) is 1.14. The van der Waals surface area contributed by atoms with E-state index >= 15 is 0 Å². The lowest BCUT2D eigenvalue weighted by molar-refractivity contribution is -0.0844. The zero-order valence-electron chi connectivity index (χ0n) is 5.39. The van der Waals surface area contributed by atoms with Gasteiger partial charge in [-0.2, -0.15) is 0 Å². The molecule has 0 heterocycles. The summed E-state index contributed by atoms with van der Waals surface area (Å²) in [4.78, 5) is 0. The third kappa shape index (κ3) is 0.644. The van der Waals surface area contributed by atoms with Crippen molar-refractivity contribution in [2.75, 3.05) is 0 Å². The highest BCUT2D eigenvalue weighted by molar-refractivity contribution is 4.99. The number of nitrogens with two attached hydrogens (primary N) is 1. The Balaban J connectivity index is 2.47. The van der Waals surface area contributed by atoms with Gasteiger partial charge < -0.3 is 10.8 Å². The van der Waals surface area contributed by atoms with Crippen molar-refractivity contribution in [1.82, 2.24) is 0 Å². The van der Waals surface area contributed by atoms with Gasteiger partial charge in [-0.25, -0.2) is 0 Å². The van der Waals surface area contributed by atoms with Gasteiger partial charge in [0, 0.05) is 6.04 Å². The first-order chi connectivity index (χ1) is 3.54. The summed E-state index contributed by atoms with van der Waals surface area (Å²) in [6.45, 7) is 3.81. The van der Waals surface area contributed by atoms with Gasteiger partial charge in [0.2, 0.25) is 0 Å². The van der Waals surface area contributed by atoms with Crippen LogP contribution in [0.2, 0.25) is 0 Å². The molecule has 0 saturated heterocycles. The third-order valence-electron chi connectivity index (χ3n) is 2.27. The molecule has 0 aromatic carbocycles. The van der Waals surface area contributed by atoms with Crippen molar-refractivity contribution in [3.8, 4) is 0 Å². The number of aliphatic hydroxyl groups is 1. The SMILES string of the molecule is C[C@H]1[C@@H](N)C[C@@]1(C)O. The predicted molar refractivity (Wildman–Crippen MR) is 32.4 cm³/mol. The monoisotopic (exact) mass is 115 g/mol. The van der Waals surface area contributed by atoms with Gasteiger partial charge in [-0.05, 0) is 19.3 Å². The van der Waals surface area contributed by atoms with Gasteiger partial charge >= 0.3 is 0 Å². The van der Waals surface area contributed by atoms with E-state index < -0.39 is 5.60 Å². The van der Waals surface area contributed by atoms with E-state index in [1.54, 1.807) is 0 Å². The minimum Gasteiger partial charge on any atom is -0.390 e. The molecular weight excluding hydrogens is 102 g/mol. The lowest BCUT2D eigenvalue weighted by Crippen LogP contribution is -2.57. The van der Waals surface area contributed by atoms with E-state index in [4.69, 9.17) is 5.73 Å². The summed E-state index contributed by atoms with van der Waals surface area (Å²) in [6.07, 6.45) is 0.758. The molecule has 2 heteroatoms. The molecule has 0 aliphatic heterocycles. The van der Waals surface area contributed by atoms with Crippen LogP contribution in [0.3, 0.4) is 0 Å². The second-order valence-electron chi connectivity index (χ2n) is 3.01. The Kier molecular flexibility index (Phi) is 1.10. The largest absolute Gasteiger partial charge is 0.390 e. The van der Waals surface area contributed by atoms with Gasteiger partial charge in [-0.1, -0.05) is 6.92 Å². The summed E-state index contributed by atoms with van der Waals surface area (Å²) in [6, 6.07) is 0.227. The van der Waals surface area contributed by atoms with E-state index in [2.05, 4.69) is 0 Å². The van der Waals surface area contributed by atoms with Gasteiger partial charge in [0.05, 0.1) is 5.60 Å². The second kappa shape index (κ2) is 1.45. The summed E-state index contributed by atoms with van der Waals surface area (Å²) < 4.78 is 0. The van der Waals surface area contributed by atoms with Gasteiger partial charge in [0.15, 0.2) is 0 Å². The zero-order chi connectivity index (χ0) is 6.36. The highest BCUT2D eigenvalue weighted by Crippen LogP contribution is 2.36. The molecule has 0 bridgehead atoms.